The first-order valence-electron chi connectivity index (χ1n) is 5.52. The van der Waals surface area contributed by atoms with Crippen molar-refractivity contribution in [3.8, 4) is 0 Å². The maximum Gasteiger partial charge on any atom is 0.240 e. The van der Waals surface area contributed by atoms with Gasteiger partial charge in [0.2, 0.25) is 10.0 Å². The molecule has 0 fully saturated rings. The van der Waals surface area contributed by atoms with Crippen LogP contribution in [0.4, 0.5) is 9.52 Å². The van der Waals surface area contributed by atoms with E-state index < -0.39 is 10.0 Å². The van der Waals surface area contributed by atoms with Crippen molar-refractivity contribution >= 4 is 26.5 Å². The van der Waals surface area contributed by atoms with Gasteiger partial charge in [0.1, 0.15) is 5.82 Å². The normalized spacial score (nSPS) is 11.5. The number of nitrogens with zero attached hydrogens (tertiary/aromatic N) is 2. The Balaban J connectivity index is 2.20. The van der Waals surface area contributed by atoms with Crippen molar-refractivity contribution in [3.05, 3.63) is 46.7 Å². The van der Waals surface area contributed by atoms with Gasteiger partial charge < -0.3 is 0 Å². The number of anilines is 1. The highest BCUT2D eigenvalue weighted by atomic mass is 32.2. The zero-order valence-corrected chi connectivity index (χ0v) is 12.1. The van der Waals surface area contributed by atoms with Crippen LogP contribution in [0.2, 0.25) is 0 Å². The fraction of sp³-hybridized carbons (Fsp3) is 0.250. The summed E-state index contributed by atoms with van der Waals surface area (Å²) < 4.78 is 38.3. The van der Waals surface area contributed by atoms with Gasteiger partial charge in [-0.2, -0.15) is 0 Å². The van der Waals surface area contributed by atoms with E-state index in [9.17, 15) is 12.8 Å². The van der Waals surface area contributed by atoms with Crippen LogP contribution in [0, 0.1) is 12.7 Å². The lowest BCUT2D eigenvalue weighted by Crippen LogP contribution is -2.27. The molecular weight excluding hydrogens is 287 g/mol. The summed E-state index contributed by atoms with van der Waals surface area (Å²) in [4.78, 5) is 4.14. The highest BCUT2D eigenvalue weighted by Gasteiger charge is 2.21. The average molecular weight is 300 g/mol. The summed E-state index contributed by atoms with van der Waals surface area (Å²) in [5.41, 5.74) is 1.32. The van der Waals surface area contributed by atoms with Crippen molar-refractivity contribution in [2.45, 2.75) is 12.7 Å². The summed E-state index contributed by atoms with van der Waals surface area (Å²) >= 11 is 1.27. The second kappa shape index (κ2) is 5.26. The molecule has 0 aliphatic rings. The molecule has 0 spiro atoms. The minimum atomic E-state index is -3.51. The third-order valence-corrected chi connectivity index (χ3v) is 5.41. The topological polar surface area (TPSA) is 50.3 Å². The third-order valence-electron chi connectivity index (χ3n) is 2.56. The molecule has 1 aromatic heterocycles. The van der Waals surface area contributed by atoms with Crippen LogP contribution < -0.4 is 4.31 Å². The molecule has 7 heteroatoms. The Morgan fingerprint density at radius 1 is 1.32 bits per heavy atom. The van der Waals surface area contributed by atoms with Gasteiger partial charge in [-0.1, -0.05) is 12.1 Å². The SMILES string of the molecule is Cc1csc(N(C)S(=O)(=O)Cc2ccc(F)cc2)n1. The summed E-state index contributed by atoms with van der Waals surface area (Å²) in [5.74, 6) is -0.562. The minimum absolute atomic E-state index is 0.178. The molecular formula is C12H13FN2O2S2. The highest BCUT2D eigenvalue weighted by Crippen LogP contribution is 2.23. The predicted octanol–water partition coefficient (Wildman–Crippen LogP) is 2.56. The van der Waals surface area contributed by atoms with Crippen molar-refractivity contribution in [2.75, 3.05) is 11.4 Å². The number of benzene rings is 1. The van der Waals surface area contributed by atoms with Crippen LogP contribution in [0.1, 0.15) is 11.3 Å². The van der Waals surface area contributed by atoms with Crippen LogP contribution >= 0.6 is 11.3 Å². The van der Waals surface area contributed by atoms with Gasteiger partial charge in [0.05, 0.1) is 11.4 Å². The monoisotopic (exact) mass is 300 g/mol. The van der Waals surface area contributed by atoms with Crippen LogP contribution in [0.3, 0.4) is 0 Å². The number of aryl methyl sites for hydroxylation is 1. The molecule has 0 saturated carbocycles. The molecule has 0 aliphatic carbocycles. The van der Waals surface area contributed by atoms with Crippen LogP contribution in [-0.2, 0) is 15.8 Å². The van der Waals surface area contributed by atoms with E-state index in [1.165, 1.54) is 42.6 Å². The molecule has 0 aliphatic heterocycles. The molecule has 0 radical (unpaired) electrons. The Hall–Kier alpha value is -1.47. The van der Waals surface area contributed by atoms with Crippen LogP contribution in [0.25, 0.3) is 0 Å². The first kappa shape index (κ1) is 14.0. The molecule has 0 atom stereocenters. The highest BCUT2D eigenvalue weighted by molar-refractivity contribution is 7.92. The standard InChI is InChI=1S/C12H13FN2O2S2/c1-9-7-18-12(14-9)15(2)19(16,17)8-10-3-5-11(13)6-4-10/h3-7H,8H2,1-2H3. The van der Waals surface area contributed by atoms with Crippen molar-refractivity contribution in [1.29, 1.82) is 0 Å². The first-order chi connectivity index (χ1) is 8.88. The van der Waals surface area contributed by atoms with E-state index in [0.29, 0.717) is 10.7 Å². The van der Waals surface area contributed by atoms with E-state index in [-0.39, 0.29) is 11.6 Å². The van der Waals surface area contributed by atoms with Crippen LogP contribution in [-0.4, -0.2) is 20.4 Å². The van der Waals surface area contributed by atoms with Crippen molar-refractivity contribution in [2.24, 2.45) is 0 Å². The molecule has 19 heavy (non-hydrogen) atoms. The lowest BCUT2D eigenvalue weighted by Gasteiger charge is -2.16. The fourth-order valence-electron chi connectivity index (χ4n) is 1.49. The number of rotatable bonds is 4. The van der Waals surface area contributed by atoms with Gasteiger partial charge in [-0.3, -0.25) is 0 Å². The molecule has 0 bridgehead atoms. The summed E-state index contributed by atoms with van der Waals surface area (Å²) in [7, 11) is -2.04. The molecule has 1 heterocycles. The van der Waals surface area contributed by atoms with Gasteiger partial charge in [-0.05, 0) is 24.6 Å². The molecule has 2 aromatic rings. The van der Waals surface area contributed by atoms with E-state index >= 15 is 0 Å². The quantitative estimate of drug-likeness (QED) is 0.872. The number of hydrogen-bond acceptors (Lipinski definition) is 4. The van der Waals surface area contributed by atoms with Crippen LogP contribution in [0.15, 0.2) is 29.6 Å². The number of sulfonamides is 1. The lowest BCUT2D eigenvalue weighted by atomic mass is 10.2. The summed E-state index contributed by atoms with van der Waals surface area (Å²) in [6.45, 7) is 1.81. The Morgan fingerprint density at radius 3 is 2.47 bits per heavy atom. The average Bonchev–Trinajstić information content (AvgIpc) is 2.77. The molecule has 1 aromatic carbocycles. The van der Waals surface area contributed by atoms with E-state index in [1.54, 1.807) is 12.3 Å². The van der Waals surface area contributed by atoms with E-state index in [2.05, 4.69) is 4.98 Å². The molecule has 0 saturated heterocycles. The summed E-state index contributed by atoms with van der Waals surface area (Å²) in [6, 6.07) is 5.43. The second-order valence-electron chi connectivity index (χ2n) is 4.12. The minimum Gasteiger partial charge on any atom is -0.248 e. The van der Waals surface area contributed by atoms with Gasteiger partial charge in [-0.15, -0.1) is 11.3 Å². The summed E-state index contributed by atoms with van der Waals surface area (Å²) in [5, 5.41) is 2.22. The van der Waals surface area contributed by atoms with Gasteiger partial charge in [0.15, 0.2) is 5.13 Å². The first-order valence-corrected chi connectivity index (χ1v) is 8.00. The number of hydrogen-bond donors (Lipinski definition) is 0. The Bertz CT molecular complexity index is 665. The maximum atomic E-state index is 12.8. The fourth-order valence-corrected chi connectivity index (χ4v) is 3.72. The van der Waals surface area contributed by atoms with Gasteiger partial charge >= 0.3 is 0 Å². The molecule has 0 N–H and O–H groups in total. The molecule has 0 unspecified atom stereocenters. The van der Waals surface area contributed by atoms with Crippen molar-refractivity contribution in [1.82, 2.24) is 4.98 Å². The zero-order valence-electron chi connectivity index (χ0n) is 10.5. The number of halogens is 1. The van der Waals surface area contributed by atoms with Crippen molar-refractivity contribution < 1.29 is 12.8 Å². The van der Waals surface area contributed by atoms with Gasteiger partial charge in [-0.25, -0.2) is 22.1 Å². The number of aromatic nitrogens is 1. The molecule has 102 valence electrons. The third kappa shape index (κ3) is 3.30. The predicted molar refractivity (Wildman–Crippen MR) is 74.3 cm³/mol. The molecule has 4 nitrogen and oxygen atoms in total. The smallest absolute Gasteiger partial charge is 0.240 e. The second-order valence-corrected chi connectivity index (χ2v) is 6.96. The maximum absolute atomic E-state index is 12.8. The van der Waals surface area contributed by atoms with Crippen molar-refractivity contribution in [3.63, 3.8) is 0 Å². The Labute approximate surface area is 115 Å². The zero-order chi connectivity index (χ0) is 14.0. The van der Waals surface area contributed by atoms with E-state index in [1.807, 2.05) is 0 Å². The van der Waals surface area contributed by atoms with Crippen LogP contribution in [0.5, 0.6) is 0 Å². The Morgan fingerprint density at radius 2 is 1.95 bits per heavy atom. The number of thiazole rings is 1. The van der Waals surface area contributed by atoms with E-state index in [4.69, 9.17) is 0 Å². The lowest BCUT2D eigenvalue weighted by molar-refractivity contribution is 0.593. The molecule has 0 amide bonds. The Kier molecular flexibility index (Phi) is 3.86. The van der Waals surface area contributed by atoms with Gasteiger partial charge in [0, 0.05) is 12.4 Å². The molecule has 2 rings (SSSR count). The van der Waals surface area contributed by atoms with Gasteiger partial charge in [0.25, 0.3) is 0 Å². The largest absolute Gasteiger partial charge is 0.248 e. The van der Waals surface area contributed by atoms with E-state index in [0.717, 1.165) is 10.00 Å². The summed E-state index contributed by atoms with van der Waals surface area (Å²) in [6.07, 6.45) is 0.